The Labute approximate surface area is 110 Å². The van der Waals surface area contributed by atoms with Crippen LogP contribution >= 0.6 is 0 Å². The van der Waals surface area contributed by atoms with Crippen molar-refractivity contribution in [2.75, 3.05) is 18.0 Å². The van der Waals surface area contributed by atoms with Crippen LogP contribution in [0.5, 0.6) is 0 Å². The number of piperazine rings is 1. The number of aryl methyl sites for hydroxylation is 1. The van der Waals surface area contributed by atoms with Gasteiger partial charge in [0.25, 0.3) is 0 Å². The van der Waals surface area contributed by atoms with Gasteiger partial charge in [-0.05, 0) is 37.1 Å². The maximum atomic E-state index is 13.6. The first kappa shape index (κ1) is 13.5. The Kier molecular flexibility index (Phi) is 3.53. The van der Waals surface area contributed by atoms with Crippen molar-refractivity contribution in [2.24, 2.45) is 5.73 Å². The first-order valence-corrected chi connectivity index (χ1v) is 6.01. The monoisotopic (exact) mass is 265 g/mol. The van der Waals surface area contributed by atoms with Crippen LogP contribution in [0.25, 0.3) is 0 Å². The van der Waals surface area contributed by atoms with E-state index in [2.05, 4.69) is 5.32 Å². The van der Waals surface area contributed by atoms with Crippen LogP contribution in [0.2, 0.25) is 0 Å². The lowest BCUT2D eigenvalue weighted by Gasteiger charge is -2.30. The summed E-state index contributed by atoms with van der Waals surface area (Å²) in [5.74, 6) is -1.08. The zero-order valence-corrected chi connectivity index (χ0v) is 10.9. The van der Waals surface area contributed by atoms with Crippen LogP contribution in [-0.2, 0) is 9.59 Å². The molecule has 1 fully saturated rings. The molecule has 1 heterocycles. The van der Waals surface area contributed by atoms with Crippen molar-refractivity contribution in [2.45, 2.75) is 19.9 Å². The molecular formula is C13H16FN3O2. The third kappa shape index (κ3) is 2.73. The van der Waals surface area contributed by atoms with Crippen molar-refractivity contribution >= 4 is 17.5 Å². The molecule has 2 amide bonds. The molecule has 1 saturated heterocycles. The molecule has 19 heavy (non-hydrogen) atoms. The molecule has 2 rings (SSSR count). The summed E-state index contributed by atoms with van der Waals surface area (Å²) in [5.41, 5.74) is 7.51. The van der Waals surface area contributed by atoms with Gasteiger partial charge in [0, 0.05) is 11.7 Å². The molecule has 6 heteroatoms. The molecule has 3 N–H and O–H groups in total. The van der Waals surface area contributed by atoms with Gasteiger partial charge >= 0.3 is 0 Å². The molecule has 1 aromatic rings. The number of carbonyl (C=O) groups excluding carboxylic acids is 2. The lowest BCUT2D eigenvalue weighted by molar-refractivity contribution is -0.130. The van der Waals surface area contributed by atoms with Gasteiger partial charge in [-0.2, -0.15) is 0 Å². The number of hydrogen-bond acceptors (Lipinski definition) is 4. The second-order valence-electron chi connectivity index (χ2n) is 4.78. The fourth-order valence-electron chi connectivity index (χ4n) is 2.13. The van der Waals surface area contributed by atoms with Gasteiger partial charge in [-0.3, -0.25) is 14.9 Å². The van der Waals surface area contributed by atoms with Crippen molar-refractivity contribution in [3.8, 4) is 0 Å². The van der Waals surface area contributed by atoms with Gasteiger partial charge in [-0.15, -0.1) is 0 Å². The van der Waals surface area contributed by atoms with E-state index in [9.17, 15) is 14.0 Å². The molecule has 0 aromatic heterocycles. The number of nitrogens with two attached hydrogens (primary N) is 1. The number of nitrogens with zero attached hydrogens (tertiary/aromatic N) is 1. The van der Waals surface area contributed by atoms with Gasteiger partial charge in [0.05, 0.1) is 13.1 Å². The van der Waals surface area contributed by atoms with Gasteiger partial charge in [-0.1, -0.05) is 0 Å². The number of hydrogen-bond donors (Lipinski definition) is 2. The largest absolute Gasteiger partial charge is 0.353 e. The van der Waals surface area contributed by atoms with Crippen LogP contribution < -0.4 is 16.0 Å². The molecule has 0 aliphatic carbocycles. The summed E-state index contributed by atoms with van der Waals surface area (Å²) in [5, 5.41) is 2.23. The second-order valence-corrected chi connectivity index (χ2v) is 4.78. The van der Waals surface area contributed by atoms with Crippen molar-refractivity contribution in [1.29, 1.82) is 0 Å². The summed E-state index contributed by atoms with van der Waals surface area (Å²) in [7, 11) is 0. The number of rotatable bonds is 2. The molecule has 1 aromatic carbocycles. The number of nitrogens with one attached hydrogen (secondary N) is 1. The molecule has 1 aliphatic rings. The van der Waals surface area contributed by atoms with E-state index in [0.29, 0.717) is 16.8 Å². The van der Waals surface area contributed by atoms with Crippen LogP contribution in [0.4, 0.5) is 10.1 Å². The fraction of sp³-hybridized carbons (Fsp3) is 0.385. The van der Waals surface area contributed by atoms with E-state index in [1.54, 1.807) is 24.8 Å². The Hall–Kier alpha value is -1.95. The van der Waals surface area contributed by atoms with E-state index in [-0.39, 0.29) is 36.8 Å². The first-order valence-electron chi connectivity index (χ1n) is 6.01. The lowest BCUT2D eigenvalue weighted by Crippen LogP contribution is -2.51. The van der Waals surface area contributed by atoms with E-state index >= 15 is 0 Å². The maximum absolute atomic E-state index is 13.6. The molecule has 5 nitrogen and oxygen atoms in total. The van der Waals surface area contributed by atoms with E-state index in [1.807, 2.05) is 0 Å². The van der Waals surface area contributed by atoms with Crippen molar-refractivity contribution in [3.05, 3.63) is 29.1 Å². The number of imide groups is 1. The van der Waals surface area contributed by atoms with Gasteiger partial charge in [0.2, 0.25) is 11.8 Å². The Morgan fingerprint density at radius 2 is 1.89 bits per heavy atom. The summed E-state index contributed by atoms with van der Waals surface area (Å²) in [6.45, 7) is 3.50. The van der Waals surface area contributed by atoms with E-state index < -0.39 is 0 Å². The van der Waals surface area contributed by atoms with Gasteiger partial charge < -0.3 is 10.6 Å². The molecule has 102 valence electrons. The molecule has 0 radical (unpaired) electrons. The average molecular weight is 265 g/mol. The molecular weight excluding hydrogens is 249 g/mol. The molecule has 1 aliphatic heterocycles. The summed E-state index contributed by atoms with van der Waals surface area (Å²) in [4.78, 5) is 24.4. The van der Waals surface area contributed by atoms with Crippen LogP contribution in [0, 0.1) is 12.7 Å². The van der Waals surface area contributed by atoms with E-state index in [0.717, 1.165) is 0 Å². The minimum Gasteiger partial charge on any atom is -0.353 e. The number of amides is 2. The normalized spacial score (nSPS) is 17.4. The standard InChI is InChI=1S/C13H16FN3O2/c1-7-3-11(9(8(2)15)4-10(7)14)17-5-12(18)16-13(19)6-17/h3-4,8H,5-6,15H2,1-2H3,(H,16,18,19). The van der Waals surface area contributed by atoms with Crippen molar-refractivity contribution in [1.82, 2.24) is 5.32 Å². The van der Waals surface area contributed by atoms with Gasteiger partial charge in [0.15, 0.2) is 0 Å². The van der Waals surface area contributed by atoms with Crippen LogP contribution in [0.3, 0.4) is 0 Å². The lowest BCUT2D eigenvalue weighted by atomic mass is 10.0. The number of halogens is 1. The quantitative estimate of drug-likeness (QED) is 0.769. The van der Waals surface area contributed by atoms with E-state index in [1.165, 1.54) is 6.07 Å². The number of carbonyl (C=O) groups is 2. The highest BCUT2D eigenvalue weighted by Gasteiger charge is 2.25. The Bertz CT molecular complexity index is 527. The summed E-state index contributed by atoms with van der Waals surface area (Å²) >= 11 is 0. The zero-order valence-electron chi connectivity index (χ0n) is 10.9. The highest BCUT2D eigenvalue weighted by Crippen LogP contribution is 2.28. The number of benzene rings is 1. The summed E-state index contributed by atoms with van der Waals surface area (Å²) in [6, 6.07) is 2.61. The first-order chi connectivity index (χ1) is 8.88. The fourth-order valence-corrected chi connectivity index (χ4v) is 2.13. The highest BCUT2D eigenvalue weighted by molar-refractivity contribution is 6.02. The molecule has 0 saturated carbocycles. The summed E-state index contributed by atoms with van der Waals surface area (Å²) < 4.78 is 13.6. The van der Waals surface area contributed by atoms with Crippen molar-refractivity contribution in [3.63, 3.8) is 0 Å². The topological polar surface area (TPSA) is 75.4 Å². The smallest absolute Gasteiger partial charge is 0.246 e. The second kappa shape index (κ2) is 4.97. The van der Waals surface area contributed by atoms with Crippen LogP contribution in [0.1, 0.15) is 24.1 Å². The zero-order chi connectivity index (χ0) is 14.2. The Morgan fingerprint density at radius 1 is 1.32 bits per heavy atom. The third-order valence-corrected chi connectivity index (χ3v) is 3.09. The predicted octanol–water partition coefficient (Wildman–Crippen LogP) is 0.617. The summed E-state index contributed by atoms with van der Waals surface area (Å²) in [6.07, 6.45) is 0. The van der Waals surface area contributed by atoms with Crippen LogP contribution in [-0.4, -0.2) is 24.9 Å². The molecule has 1 atom stereocenters. The van der Waals surface area contributed by atoms with Crippen LogP contribution in [0.15, 0.2) is 12.1 Å². The van der Waals surface area contributed by atoms with Gasteiger partial charge in [0.1, 0.15) is 5.82 Å². The van der Waals surface area contributed by atoms with Gasteiger partial charge in [-0.25, -0.2) is 4.39 Å². The third-order valence-electron chi connectivity index (χ3n) is 3.09. The Balaban J connectivity index is 2.45. The minimum absolute atomic E-state index is 0.0660. The molecule has 0 spiro atoms. The Morgan fingerprint density at radius 3 is 2.42 bits per heavy atom. The predicted molar refractivity (Wildman–Crippen MR) is 69.1 cm³/mol. The highest BCUT2D eigenvalue weighted by atomic mass is 19.1. The average Bonchev–Trinajstić information content (AvgIpc) is 2.30. The number of anilines is 1. The minimum atomic E-state index is -0.384. The SMILES string of the molecule is Cc1cc(N2CC(=O)NC(=O)C2)c(C(C)N)cc1F. The van der Waals surface area contributed by atoms with Crippen molar-refractivity contribution < 1.29 is 14.0 Å². The maximum Gasteiger partial charge on any atom is 0.246 e. The molecule has 0 bridgehead atoms. The van der Waals surface area contributed by atoms with E-state index in [4.69, 9.17) is 5.73 Å². The molecule has 1 unspecified atom stereocenters.